The van der Waals surface area contributed by atoms with Crippen LogP contribution in [0.15, 0.2) is 24.3 Å². The van der Waals surface area contributed by atoms with E-state index in [1.54, 1.807) is 7.11 Å². The summed E-state index contributed by atoms with van der Waals surface area (Å²) in [6.45, 7) is 1.89. The van der Waals surface area contributed by atoms with Crippen molar-refractivity contribution in [2.75, 3.05) is 7.11 Å². The molecular weight excluding hydrogens is 271 g/mol. The second kappa shape index (κ2) is 5.55. The zero-order valence-corrected chi connectivity index (χ0v) is 11.6. The number of nitrogens with zero attached hydrogens (tertiary/aromatic N) is 2. The Morgan fingerprint density at radius 1 is 1.17 bits per heavy atom. The lowest BCUT2D eigenvalue weighted by molar-refractivity contribution is 0.414. The Bertz CT molecular complexity index is 553. The Balaban J connectivity index is 2.28. The highest BCUT2D eigenvalue weighted by atomic mass is 35.5. The van der Waals surface area contributed by atoms with Crippen molar-refractivity contribution in [2.24, 2.45) is 0 Å². The molecule has 0 amide bonds. The summed E-state index contributed by atoms with van der Waals surface area (Å²) in [7, 11) is 1.59. The average molecular weight is 283 g/mol. The number of rotatable bonds is 3. The number of hydrogen-bond acceptors (Lipinski definition) is 3. The zero-order chi connectivity index (χ0) is 13.1. The summed E-state index contributed by atoms with van der Waals surface area (Å²) in [5.41, 5.74) is 2.79. The summed E-state index contributed by atoms with van der Waals surface area (Å²) in [6.07, 6.45) is 0.663. The second-order valence-electron chi connectivity index (χ2n) is 3.92. The molecule has 18 heavy (non-hydrogen) atoms. The average Bonchev–Trinajstić information content (AvgIpc) is 2.30. The van der Waals surface area contributed by atoms with Gasteiger partial charge in [-0.05, 0) is 42.3 Å². The van der Waals surface area contributed by atoms with Crippen molar-refractivity contribution in [3.63, 3.8) is 0 Å². The number of benzene rings is 1. The molecule has 0 atom stereocenters. The summed E-state index contributed by atoms with van der Waals surface area (Å²) < 4.78 is 5.18. The molecule has 0 aliphatic rings. The van der Waals surface area contributed by atoms with Crippen LogP contribution in [0.25, 0.3) is 0 Å². The number of aryl methyl sites for hydroxylation is 1. The maximum absolute atomic E-state index is 5.98. The lowest BCUT2D eigenvalue weighted by Crippen LogP contribution is -1.97. The number of halogens is 2. The van der Waals surface area contributed by atoms with Crippen LogP contribution in [0.4, 0.5) is 0 Å². The van der Waals surface area contributed by atoms with Gasteiger partial charge in [0.2, 0.25) is 5.28 Å². The summed E-state index contributed by atoms with van der Waals surface area (Å²) >= 11 is 11.8. The summed E-state index contributed by atoms with van der Waals surface area (Å²) in [6, 6.07) is 7.56. The Morgan fingerprint density at radius 2 is 1.94 bits per heavy atom. The normalized spacial score (nSPS) is 10.4. The molecule has 94 valence electrons. The van der Waals surface area contributed by atoms with Gasteiger partial charge in [0.25, 0.3) is 0 Å². The smallest absolute Gasteiger partial charge is 0.222 e. The van der Waals surface area contributed by atoms with Gasteiger partial charge in [0, 0.05) is 17.8 Å². The number of ether oxygens (including phenoxy) is 1. The second-order valence-corrected chi connectivity index (χ2v) is 4.66. The van der Waals surface area contributed by atoms with Crippen LogP contribution in [0.3, 0.4) is 0 Å². The van der Waals surface area contributed by atoms with Crippen molar-refractivity contribution in [3.05, 3.63) is 51.5 Å². The first kappa shape index (κ1) is 13.1. The maximum Gasteiger partial charge on any atom is 0.222 e. The van der Waals surface area contributed by atoms with Gasteiger partial charge in [-0.25, -0.2) is 9.97 Å². The predicted molar refractivity (Wildman–Crippen MR) is 72.6 cm³/mol. The number of aromatic nitrogens is 2. The standard InChI is InChI=1S/C13H12Cl2N2O/c1-8-5-10(17-13(15)16-8)6-9-3-4-11(14)12(7-9)18-2/h3-5,7H,6H2,1-2H3. The lowest BCUT2D eigenvalue weighted by atomic mass is 10.1. The monoisotopic (exact) mass is 282 g/mol. The molecule has 0 N–H and O–H groups in total. The molecule has 0 saturated carbocycles. The van der Waals surface area contributed by atoms with Gasteiger partial charge in [-0.2, -0.15) is 0 Å². The van der Waals surface area contributed by atoms with Gasteiger partial charge in [-0.1, -0.05) is 17.7 Å². The van der Waals surface area contributed by atoms with E-state index in [1.807, 2.05) is 31.2 Å². The predicted octanol–water partition coefficient (Wildman–Crippen LogP) is 3.69. The minimum atomic E-state index is 0.269. The summed E-state index contributed by atoms with van der Waals surface area (Å²) in [4.78, 5) is 8.22. The highest BCUT2D eigenvalue weighted by molar-refractivity contribution is 6.32. The zero-order valence-electron chi connectivity index (χ0n) is 10.1. The largest absolute Gasteiger partial charge is 0.495 e. The first-order chi connectivity index (χ1) is 8.58. The van der Waals surface area contributed by atoms with E-state index in [0.29, 0.717) is 17.2 Å². The van der Waals surface area contributed by atoms with E-state index in [1.165, 1.54) is 0 Å². The van der Waals surface area contributed by atoms with Crippen LogP contribution in [-0.2, 0) is 6.42 Å². The molecular formula is C13H12Cl2N2O. The van der Waals surface area contributed by atoms with Gasteiger partial charge in [0.05, 0.1) is 12.1 Å². The molecule has 0 radical (unpaired) electrons. The van der Waals surface area contributed by atoms with Crippen molar-refractivity contribution >= 4 is 23.2 Å². The molecule has 0 aliphatic carbocycles. The van der Waals surface area contributed by atoms with Crippen LogP contribution in [0.2, 0.25) is 10.3 Å². The van der Waals surface area contributed by atoms with Gasteiger partial charge in [-0.15, -0.1) is 0 Å². The molecule has 2 rings (SSSR count). The van der Waals surface area contributed by atoms with Crippen LogP contribution in [0.5, 0.6) is 5.75 Å². The third-order valence-electron chi connectivity index (χ3n) is 2.48. The molecule has 0 unspecified atom stereocenters. The summed E-state index contributed by atoms with van der Waals surface area (Å²) in [5.74, 6) is 0.658. The van der Waals surface area contributed by atoms with Gasteiger partial charge in [0.1, 0.15) is 5.75 Å². The van der Waals surface area contributed by atoms with Crippen molar-refractivity contribution in [3.8, 4) is 5.75 Å². The third kappa shape index (κ3) is 3.12. The lowest BCUT2D eigenvalue weighted by Gasteiger charge is -2.07. The summed E-state index contributed by atoms with van der Waals surface area (Å²) in [5, 5.41) is 0.865. The Morgan fingerprint density at radius 3 is 2.61 bits per heavy atom. The molecule has 1 aromatic heterocycles. The third-order valence-corrected chi connectivity index (χ3v) is 2.96. The minimum absolute atomic E-state index is 0.269. The molecule has 1 heterocycles. The highest BCUT2D eigenvalue weighted by Crippen LogP contribution is 2.26. The molecule has 5 heteroatoms. The molecule has 0 aliphatic heterocycles. The Hall–Kier alpha value is -1.32. The fraction of sp³-hybridized carbons (Fsp3) is 0.231. The van der Waals surface area contributed by atoms with Crippen molar-refractivity contribution < 1.29 is 4.74 Å². The SMILES string of the molecule is COc1cc(Cc2cc(C)nc(Cl)n2)ccc1Cl. The fourth-order valence-corrected chi connectivity index (χ4v) is 2.15. The van der Waals surface area contributed by atoms with Crippen LogP contribution in [0, 0.1) is 6.92 Å². The van der Waals surface area contributed by atoms with E-state index in [9.17, 15) is 0 Å². The van der Waals surface area contributed by atoms with Gasteiger partial charge < -0.3 is 4.74 Å². The van der Waals surface area contributed by atoms with Crippen molar-refractivity contribution in [1.82, 2.24) is 9.97 Å². The molecule has 1 aromatic carbocycles. The molecule has 0 bridgehead atoms. The minimum Gasteiger partial charge on any atom is -0.495 e. The van der Waals surface area contributed by atoms with Gasteiger partial charge >= 0.3 is 0 Å². The number of methoxy groups -OCH3 is 1. The molecule has 3 nitrogen and oxygen atoms in total. The topological polar surface area (TPSA) is 35.0 Å². The van der Waals surface area contributed by atoms with Crippen LogP contribution < -0.4 is 4.74 Å². The van der Waals surface area contributed by atoms with Crippen molar-refractivity contribution in [2.45, 2.75) is 13.3 Å². The Kier molecular flexibility index (Phi) is 4.04. The van der Waals surface area contributed by atoms with Gasteiger partial charge in [-0.3, -0.25) is 0 Å². The van der Waals surface area contributed by atoms with Crippen LogP contribution in [-0.4, -0.2) is 17.1 Å². The van der Waals surface area contributed by atoms with E-state index >= 15 is 0 Å². The van der Waals surface area contributed by atoms with E-state index in [2.05, 4.69) is 9.97 Å². The fourth-order valence-electron chi connectivity index (χ4n) is 1.71. The molecule has 2 aromatic rings. The first-order valence-electron chi connectivity index (χ1n) is 5.41. The number of hydrogen-bond donors (Lipinski definition) is 0. The molecule has 0 spiro atoms. The quantitative estimate of drug-likeness (QED) is 0.806. The van der Waals surface area contributed by atoms with Gasteiger partial charge in [0.15, 0.2) is 0 Å². The maximum atomic E-state index is 5.98. The van der Waals surface area contributed by atoms with Crippen LogP contribution >= 0.6 is 23.2 Å². The van der Waals surface area contributed by atoms with E-state index < -0.39 is 0 Å². The van der Waals surface area contributed by atoms with E-state index in [4.69, 9.17) is 27.9 Å². The first-order valence-corrected chi connectivity index (χ1v) is 6.16. The van der Waals surface area contributed by atoms with Crippen LogP contribution in [0.1, 0.15) is 17.0 Å². The van der Waals surface area contributed by atoms with E-state index in [-0.39, 0.29) is 5.28 Å². The molecule has 0 saturated heterocycles. The van der Waals surface area contributed by atoms with Crippen molar-refractivity contribution in [1.29, 1.82) is 0 Å². The highest BCUT2D eigenvalue weighted by Gasteiger charge is 2.05. The molecule has 0 fully saturated rings. The van der Waals surface area contributed by atoms with E-state index in [0.717, 1.165) is 17.0 Å². The Labute approximate surface area is 116 Å².